The topological polar surface area (TPSA) is 86.7 Å². The van der Waals surface area contributed by atoms with Crippen molar-refractivity contribution in [3.63, 3.8) is 0 Å². The Hall–Kier alpha value is -1.89. The molecule has 1 aromatic rings. The van der Waals surface area contributed by atoms with E-state index in [1.54, 1.807) is 4.90 Å². The van der Waals surface area contributed by atoms with Gasteiger partial charge in [0.15, 0.2) is 0 Å². The molecule has 0 spiro atoms. The van der Waals surface area contributed by atoms with E-state index >= 15 is 0 Å². The Balaban J connectivity index is 1.69. The second-order valence-electron chi connectivity index (χ2n) is 5.76. The van der Waals surface area contributed by atoms with Crippen LogP contribution in [0.1, 0.15) is 19.3 Å². The maximum Gasteiger partial charge on any atom is 0.329 e. The molecule has 0 bridgehead atoms. The summed E-state index contributed by atoms with van der Waals surface area (Å²) >= 11 is 3.35. The number of hydrogen-bond donors (Lipinski definition) is 2. The largest absolute Gasteiger partial charge is 0.480 e. The Morgan fingerprint density at radius 1 is 1.36 bits per heavy atom. The number of carboxylic acids is 1. The summed E-state index contributed by atoms with van der Waals surface area (Å²) in [6.45, 7) is 0.275. The first-order valence-electron chi connectivity index (χ1n) is 7.03. The molecule has 116 valence electrons. The lowest BCUT2D eigenvalue weighted by molar-refractivity contribution is -0.143. The van der Waals surface area contributed by atoms with E-state index in [-0.39, 0.29) is 24.8 Å². The first kappa shape index (κ1) is 15.0. The van der Waals surface area contributed by atoms with Crippen molar-refractivity contribution in [3.8, 4) is 0 Å². The van der Waals surface area contributed by atoms with Gasteiger partial charge >= 0.3 is 5.97 Å². The summed E-state index contributed by atoms with van der Waals surface area (Å²) in [7, 11) is 0. The van der Waals surface area contributed by atoms with E-state index in [2.05, 4.69) is 21.2 Å². The molecule has 1 aliphatic carbocycles. The number of hydrogen-bond acceptors (Lipinski definition) is 3. The Morgan fingerprint density at radius 2 is 2.09 bits per heavy atom. The number of carbonyl (C=O) groups is 3. The van der Waals surface area contributed by atoms with Gasteiger partial charge in [-0.1, -0.05) is 22.0 Å². The predicted molar refractivity (Wildman–Crippen MR) is 82.3 cm³/mol. The highest BCUT2D eigenvalue weighted by Gasteiger charge is 2.52. The number of amides is 2. The molecule has 22 heavy (non-hydrogen) atoms. The van der Waals surface area contributed by atoms with E-state index in [1.807, 2.05) is 24.3 Å². The van der Waals surface area contributed by atoms with Crippen molar-refractivity contribution in [2.24, 2.45) is 5.92 Å². The molecular weight excluding hydrogens is 352 g/mol. The molecule has 3 rings (SSSR count). The predicted octanol–water partition coefficient (Wildman–Crippen LogP) is 1.54. The first-order valence-corrected chi connectivity index (χ1v) is 7.82. The average molecular weight is 367 g/mol. The third kappa shape index (κ3) is 2.72. The molecule has 1 aromatic carbocycles. The van der Waals surface area contributed by atoms with Crippen molar-refractivity contribution in [3.05, 3.63) is 28.7 Å². The number of carbonyl (C=O) groups excluding carboxylic acids is 2. The van der Waals surface area contributed by atoms with Gasteiger partial charge in [0.05, 0.1) is 5.92 Å². The van der Waals surface area contributed by atoms with Crippen molar-refractivity contribution in [1.29, 1.82) is 0 Å². The van der Waals surface area contributed by atoms with Gasteiger partial charge in [-0.3, -0.25) is 9.59 Å². The van der Waals surface area contributed by atoms with E-state index in [1.165, 1.54) is 0 Å². The quantitative estimate of drug-likeness (QED) is 0.845. The summed E-state index contributed by atoms with van der Waals surface area (Å²) in [6.07, 6.45) is 1.00. The second-order valence-corrected chi connectivity index (χ2v) is 6.68. The van der Waals surface area contributed by atoms with E-state index in [4.69, 9.17) is 5.11 Å². The number of halogens is 1. The van der Waals surface area contributed by atoms with Crippen LogP contribution in [0.2, 0.25) is 0 Å². The number of carboxylic acid groups (broad SMARTS) is 1. The maximum absolute atomic E-state index is 12.2. The summed E-state index contributed by atoms with van der Waals surface area (Å²) < 4.78 is 0.855. The Kier molecular flexibility index (Phi) is 3.68. The third-order valence-corrected chi connectivity index (χ3v) is 4.63. The van der Waals surface area contributed by atoms with Gasteiger partial charge in [0, 0.05) is 23.1 Å². The highest BCUT2D eigenvalue weighted by molar-refractivity contribution is 9.10. The van der Waals surface area contributed by atoms with Gasteiger partial charge in [-0.2, -0.15) is 0 Å². The molecule has 0 aromatic heterocycles. The standard InChI is InChI=1S/C15H15BrN2O4/c16-10-2-1-3-11(7-10)18-8-9(6-12(18)19)13(20)17-15(4-5-15)14(21)22/h1-3,7,9H,4-6,8H2,(H,17,20)(H,21,22)/t9-/m0/s1. The van der Waals surface area contributed by atoms with Crippen LogP contribution < -0.4 is 10.2 Å². The molecule has 1 saturated heterocycles. The summed E-state index contributed by atoms with van der Waals surface area (Å²) in [5.41, 5.74) is -0.377. The lowest BCUT2D eigenvalue weighted by Crippen LogP contribution is -2.46. The Morgan fingerprint density at radius 3 is 2.68 bits per heavy atom. The van der Waals surface area contributed by atoms with Crippen LogP contribution in [0.5, 0.6) is 0 Å². The molecule has 2 fully saturated rings. The SMILES string of the molecule is O=C(NC1(C(=O)O)CC1)[C@H]1CC(=O)N(c2cccc(Br)c2)C1. The van der Waals surface area contributed by atoms with E-state index < -0.39 is 17.4 Å². The highest BCUT2D eigenvalue weighted by atomic mass is 79.9. The smallest absolute Gasteiger partial charge is 0.329 e. The Labute approximate surface area is 135 Å². The van der Waals surface area contributed by atoms with Crippen molar-refractivity contribution < 1.29 is 19.5 Å². The second kappa shape index (κ2) is 5.39. The molecule has 1 saturated carbocycles. The first-order chi connectivity index (χ1) is 10.4. The fraction of sp³-hybridized carbons (Fsp3) is 0.400. The van der Waals surface area contributed by atoms with Gasteiger partial charge in [-0.05, 0) is 31.0 Å². The van der Waals surface area contributed by atoms with Crippen molar-refractivity contribution >= 4 is 39.4 Å². The fourth-order valence-electron chi connectivity index (χ4n) is 2.63. The molecule has 1 heterocycles. The minimum Gasteiger partial charge on any atom is -0.480 e. The van der Waals surface area contributed by atoms with Crippen LogP contribution in [0, 0.1) is 5.92 Å². The lowest BCUT2D eigenvalue weighted by Gasteiger charge is -2.18. The van der Waals surface area contributed by atoms with Crippen molar-refractivity contribution in [2.45, 2.75) is 24.8 Å². The molecule has 2 aliphatic rings. The molecule has 2 amide bonds. The van der Waals surface area contributed by atoms with Gasteiger partial charge < -0.3 is 15.3 Å². The number of aliphatic carboxylic acids is 1. The third-order valence-electron chi connectivity index (χ3n) is 4.14. The Bertz CT molecular complexity index is 657. The van der Waals surface area contributed by atoms with Crippen LogP contribution in [0.25, 0.3) is 0 Å². The van der Waals surface area contributed by atoms with Crippen molar-refractivity contribution in [2.75, 3.05) is 11.4 Å². The molecular formula is C15H15BrN2O4. The number of anilines is 1. The zero-order chi connectivity index (χ0) is 15.9. The van der Waals surface area contributed by atoms with Gasteiger partial charge in [0.2, 0.25) is 11.8 Å². The molecule has 0 radical (unpaired) electrons. The summed E-state index contributed by atoms with van der Waals surface area (Å²) in [5.74, 6) is -2.00. The highest BCUT2D eigenvalue weighted by Crippen LogP contribution is 2.36. The van der Waals surface area contributed by atoms with Gasteiger partial charge in [-0.15, -0.1) is 0 Å². The molecule has 6 nitrogen and oxygen atoms in total. The van der Waals surface area contributed by atoms with Crippen LogP contribution in [0.3, 0.4) is 0 Å². The minimum absolute atomic E-state index is 0.105. The summed E-state index contributed by atoms with van der Waals surface area (Å²) in [5, 5.41) is 11.7. The monoisotopic (exact) mass is 366 g/mol. The average Bonchev–Trinajstić information content (AvgIpc) is 3.14. The van der Waals surface area contributed by atoms with Gasteiger partial charge in [0.1, 0.15) is 5.54 Å². The molecule has 1 atom stereocenters. The normalized spacial score (nSPS) is 22.5. The van der Waals surface area contributed by atoms with Crippen LogP contribution in [-0.2, 0) is 14.4 Å². The number of nitrogens with zero attached hydrogens (tertiary/aromatic N) is 1. The lowest BCUT2D eigenvalue weighted by atomic mass is 10.1. The van der Waals surface area contributed by atoms with Crippen LogP contribution in [0.15, 0.2) is 28.7 Å². The molecule has 2 N–H and O–H groups in total. The van der Waals surface area contributed by atoms with Crippen LogP contribution in [0.4, 0.5) is 5.69 Å². The van der Waals surface area contributed by atoms with E-state index in [0.717, 1.165) is 10.2 Å². The molecule has 7 heteroatoms. The summed E-state index contributed by atoms with van der Waals surface area (Å²) in [6, 6.07) is 7.31. The zero-order valence-corrected chi connectivity index (χ0v) is 13.3. The van der Waals surface area contributed by atoms with E-state index in [9.17, 15) is 14.4 Å². The zero-order valence-electron chi connectivity index (χ0n) is 11.7. The van der Waals surface area contributed by atoms with Gasteiger partial charge in [0.25, 0.3) is 0 Å². The molecule has 1 aliphatic heterocycles. The summed E-state index contributed by atoms with van der Waals surface area (Å²) in [4.78, 5) is 37.1. The fourth-order valence-corrected chi connectivity index (χ4v) is 3.02. The van der Waals surface area contributed by atoms with Crippen LogP contribution >= 0.6 is 15.9 Å². The maximum atomic E-state index is 12.2. The van der Waals surface area contributed by atoms with Crippen molar-refractivity contribution in [1.82, 2.24) is 5.32 Å². The van der Waals surface area contributed by atoms with Crippen LogP contribution in [-0.4, -0.2) is 35.0 Å². The number of rotatable bonds is 4. The number of nitrogens with one attached hydrogen (secondary N) is 1. The van der Waals surface area contributed by atoms with E-state index in [0.29, 0.717) is 12.8 Å². The molecule has 0 unspecified atom stereocenters. The number of benzene rings is 1. The minimum atomic E-state index is -1.11. The van der Waals surface area contributed by atoms with Gasteiger partial charge in [-0.25, -0.2) is 4.79 Å².